The second kappa shape index (κ2) is 8.96. The summed E-state index contributed by atoms with van der Waals surface area (Å²) in [7, 11) is 0. The van der Waals surface area contributed by atoms with Crippen LogP contribution in [-0.4, -0.2) is 14.8 Å². The number of rotatable bonds is 2. The maximum Gasteiger partial charge on any atom is 0.0793 e. The molecule has 0 amide bonds. The third-order valence-corrected chi connectivity index (χ3v) is 9.39. The summed E-state index contributed by atoms with van der Waals surface area (Å²) in [5.41, 5.74) is 9.77. The number of para-hydroxylation sites is 2. The standard InChI is InChI=1S/C25H29IN2.CH3.Pd/c1-15-9-7-10-16(2)20(15)27-22-19-13-14-25(26,24(19,5)6)23(22)28-21-17(3)11-8-12-18(21)4;;/h7-12,19H,13-14H2,1-6H3;1H3;/q;-1;. The molecule has 30 heavy (non-hydrogen) atoms. The van der Waals surface area contributed by atoms with E-state index in [-0.39, 0.29) is 36.7 Å². The van der Waals surface area contributed by atoms with Crippen LogP contribution in [0.5, 0.6) is 0 Å². The molecule has 2 bridgehead atoms. The van der Waals surface area contributed by atoms with Crippen molar-refractivity contribution in [3.8, 4) is 0 Å². The molecule has 0 radical (unpaired) electrons. The second-order valence-electron chi connectivity index (χ2n) is 9.05. The molecule has 2 aromatic rings. The van der Waals surface area contributed by atoms with Crippen LogP contribution in [0, 0.1) is 46.5 Å². The van der Waals surface area contributed by atoms with Gasteiger partial charge in [-0.1, -0.05) is 72.8 Å². The number of hydrogen-bond donors (Lipinski definition) is 0. The van der Waals surface area contributed by atoms with E-state index in [0.717, 1.165) is 11.4 Å². The second-order valence-corrected chi connectivity index (χ2v) is 10.9. The van der Waals surface area contributed by atoms with Crippen LogP contribution in [0.2, 0.25) is 0 Å². The molecule has 0 spiro atoms. The van der Waals surface area contributed by atoms with Gasteiger partial charge in [0.25, 0.3) is 0 Å². The number of hydrogen-bond acceptors (Lipinski definition) is 2. The zero-order valence-electron chi connectivity index (χ0n) is 19.0. The van der Waals surface area contributed by atoms with Crippen LogP contribution in [0.25, 0.3) is 0 Å². The average molecular weight is 606 g/mol. The molecule has 2 saturated carbocycles. The van der Waals surface area contributed by atoms with Gasteiger partial charge in [-0.2, -0.15) is 0 Å². The van der Waals surface area contributed by atoms with Crippen molar-refractivity contribution >= 4 is 45.4 Å². The molecule has 0 saturated heterocycles. The Bertz CT molecular complexity index is 981. The molecule has 2 unspecified atom stereocenters. The van der Waals surface area contributed by atoms with Gasteiger partial charge in [-0.05, 0) is 68.2 Å². The van der Waals surface area contributed by atoms with E-state index in [1.165, 1.54) is 46.5 Å². The van der Waals surface area contributed by atoms with Crippen LogP contribution in [0.1, 0.15) is 48.9 Å². The molecular weight excluding hydrogens is 574 g/mol. The monoisotopic (exact) mass is 605 g/mol. The SMILES string of the molecule is Cc1cccc(C)c1N=C1C(=Nc2c(C)cccc2C)C2(I)CCC1C2(C)C.[CH3-].[Pd]. The van der Waals surface area contributed by atoms with Crippen LogP contribution < -0.4 is 0 Å². The fourth-order valence-corrected chi connectivity index (χ4v) is 6.13. The van der Waals surface area contributed by atoms with Gasteiger partial charge in [0.1, 0.15) is 0 Å². The molecular formula is C26H32IN2Pd-. The van der Waals surface area contributed by atoms with E-state index in [1.807, 2.05) is 0 Å². The van der Waals surface area contributed by atoms with E-state index in [2.05, 4.69) is 101 Å². The van der Waals surface area contributed by atoms with Gasteiger partial charge in [-0.3, -0.25) is 4.99 Å². The van der Waals surface area contributed by atoms with Crippen molar-refractivity contribution in [2.45, 2.75) is 57.8 Å². The van der Waals surface area contributed by atoms with Crippen LogP contribution in [-0.2, 0) is 20.4 Å². The van der Waals surface area contributed by atoms with Gasteiger partial charge in [0.05, 0.1) is 26.2 Å². The van der Waals surface area contributed by atoms with Gasteiger partial charge >= 0.3 is 0 Å². The Labute approximate surface area is 209 Å². The zero-order chi connectivity index (χ0) is 20.3. The quantitative estimate of drug-likeness (QED) is 0.144. The molecule has 2 fully saturated rings. The topological polar surface area (TPSA) is 24.7 Å². The number of alkyl halides is 1. The smallest absolute Gasteiger partial charge is 0.0793 e. The molecule has 2 aliphatic carbocycles. The predicted octanol–water partition coefficient (Wildman–Crippen LogP) is 7.84. The Morgan fingerprint density at radius 3 is 1.73 bits per heavy atom. The summed E-state index contributed by atoms with van der Waals surface area (Å²) in [4.78, 5) is 10.6. The number of aliphatic imine (C=N–C) groups is 2. The number of nitrogens with zero attached hydrogens (tertiary/aromatic N) is 2. The minimum atomic E-state index is 0. The van der Waals surface area contributed by atoms with E-state index < -0.39 is 0 Å². The molecule has 2 aromatic carbocycles. The molecule has 164 valence electrons. The average Bonchev–Trinajstić information content (AvgIpc) is 2.94. The molecule has 4 heteroatoms. The van der Waals surface area contributed by atoms with E-state index >= 15 is 0 Å². The molecule has 2 atom stereocenters. The van der Waals surface area contributed by atoms with Crippen molar-refractivity contribution in [2.75, 3.05) is 0 Å². The molecule has 0 aromatic heterocycles. The van der Waals surface area contributed by atoms with Gasteiger partial charge < -0.3 is 7.43 Å². The summed E-state index contributed by atoms with van der Waals surface area (Å²) in [5.74, 6) is 0.464. The Morgan fingerprint density at radius 1 is 0.833 bits per heavy atom. The van der Waals surface area contributed by atoms with Crippen molar-refractivity contribution in [3.63, 3.8) is 0 Å². The fraction of sp³-hybridized carbons (Fsp3) is 0.423. The van der Waals surface area contributed by atoms with E-state index in [1.54, 1.807) is 0 Å². The molecule has 4 rings (SSSR count). The van der Waals surface area contributed by atoms with E-state index in [0.29, 0.717) is 5.92 Å². The molecule has 2 aliphatic rings. The third-order valence-electron chi connectivity index (χ3n) is 6.95. The van der Waals surface area contributed by atoms with Crippen LogP contribution in [0.15, 0.2) is 46.4 Å². The zero-order valence-corrected chi connectivity index (χ0v) is 22.8. The number of fused-ring (bicyclic) bond motifs is 2. The summed E-state index contributed by atoms with van der Waals surface area (Å²) < 4.78 is 0.0412. The first-order valence-corrected chi connectivity index (χ1v) is 11.2. The largest absolute Gasteiger partial charge is 0.358 e. The van der Waals surface area contributed by atoms with E-state index in [9.17, 15) is 0 Å². The van der Waals surface area contributed by atoms with E-state index in [4.69, 9.17) is 9.98 Å². The minimum Gasteiger partial charge on any atom is -0.358 e. The van der Waals surface area contributed by atoms with Gasteiger partial charge in [-0.15, -0.1) is 0 Å². The van der Waals surface area contributed by atoms with Crippen LogP contribution >= 0.6 is 22.6 Å². The Balaban J connectivity index is 0.00000160. The molecule has 0 heterocycles. The molecule has 2 nitrogen and oxygen atoms in total. The first kappa shape index (κ1) is 25.4. The van der Waals surface area contributed by atoms with Crippen molar-refractivity contribution in [2.24, 2.45) is 21.3 Å². The molecule has 0 aliphatic heterocycles. The normalized spacial score (nSPS) is 26.6. The summed E-state index contributed by atoms with van der Waals surface area (Å²) >= 11 is 2.69. The predicted molar refractivity (Wildman–Crippen MR) is 136 cm³/mol. The minimum absolute atomic E-state index is 0. The third kappa shape index (κ3) is 3.78. The summed E-state index contributed by atoms with van der Waals surface area (Å²) in [6, 6.07) is 12.9. The van der Waals surface area contributed by atoms with Gasteiger partial charge in [0.2, 0.25) is 0 Å². The Hall–Kier alpha value is -0.828. The summed E-state index contributed by atoms with van der Waals surface area (Å²) in [6.45, 7) is 13.5. The fourth-order valence-electron chi connectivity index (χ4n) is 5.05. The van der Waals surface area contributed by atoms with Gasteiger partial charge in [0, 0.05) is 26.3 Å². The van der Waals surface area contributed by atoms with Crippen molar-refractivity contribution in [3.05, 3.63) is 66.1 Å². The number of halogens is 1. The Morgan fingerprint density at radius 2 is 1.27 bits per heavy atom. The number of aryl methyl sites for hydroxylation is 4. The summed E-state index contributed by atoms with van der Waals surface area (Å²) in [6.07, 6.45) is 2.38. The van der Waals surface area contributed by atoms with Gasteiger partial charge in [0.15, 0.2) is 0 Å². The van der Waals surface area contributed by atoms with Crippen molar-refractivity contribution in [1.29, 1.82) is 0 Å². The van der Waals surface area contributed by atoms with Crippen molar-refractivity contribution < 1.29 is 20.4 Å². The summed E-state index contributed by atoms with van der Waals surface area (Å²) in [5, 5.41) is 0. The van der Waals surface area contributed by atoms with Crippen LogP contribution in [0.4, 0.5) is 11.4 Å². The molecule has 0 N–H and O–H groups in total. The first-order valence-electron chi connectivity index (χ1n) is 10.2. The van der Waals surface area contributed by atoms with Crippen LogP contribution in [0.3, 0.4) is 0 Å². The van der Waals surface area contributed by atoms with Crippen molar-refractivity contribution in [1.82, 2.24) is 0 Å². The first-order chi connectivity index (χ1) is 13.2. The maximum absolute atomic E-state index is 5.32. The van der Waals surface area contributed by atoms with Gasteiger partial charge in [-0.25, -0.2) is 4.99 Å². The number of benzene rings is 2. The Kier molecular flexibility index (Phi) is 7.60. The maximum atomic E-state index is 5.32.